The topological polar surface area (TPSA) is 72.9 Å². The van der Waals surface area contributed by atoms with Gasteiger partial charge in [-0.05, 0) is 35.4 Å². The normalized spacial score (nSPS) is 14.2. The average molecular weight is 288 g/mol. The summed E-state index contributed by atoms with van der Waals surface area (Å²) in [6, 6.07) is 10.4. The highest BCUT2D eigenvalue weighted by molar-refractivity contribution is 7.80. The van der Waals surface area contributed by atoms with Crippen molar-refractivity contribution in [1.82, 2.24) is 20.2 Å². The fourth-order valence-electron chi connectivity index (χ4n) is 2.16. The molecule has 0 bridgehead atoms. The molecule has 1 aromatic carbocycles. The first-order valence-electron chi connectivity index (χ1n) is 6.64. The zero-order valence-corrected chi connectivity index (χ0v) is 11.8. The molecule has 2 N–H and O–H groups in total. The van der Waals surface area contributed by atoms with Gasteiger partial charge in [0, 0.05) is 19.0 Å². The van der Waals surface area contributed by atoms with Crippen LogP contribution in [0, 0.1) is 0 Å². The van der Waals surface area contributed by atoms with Crippen LogP contribution in [0.3, 0.4) is 0 Å². The number of benzene rings is 1. The number of para-hydroxylation sites is 1. The van der Waals surface area contributed by atoms with E-state index in [-0.39, 0.29) is 0 Å². The standard InChI is InChI=1S/C13H16N6S/c14-12(20)8-9-18(10-6-7-10)13-15-16-17-19(13)11-4-2-1-3-5-11/h1-5,10H,6-9H2,(H2,14,20). The summed E-state index contributed by atoms with van der Waals surface area (Å²) in [6.07, 6.45) is 3.01. The SMILES string of the molecule is NC(=S)CCN(c1nnnn1-c1ccccc1)C1CC1. The summed E-state index contributed by atoms with van der Waals surface area (Å²) in [4.78, 5) is 2.72. The van der Waals surface area contributed by atoms with E-state index in [4.69, 9.17) is 18.0 Å². The van der Waals surface area contributed by atoms with Gasteiger partial charge >= 0.3 is 0 Å². The fourth-order valence-corrected chi connectivity index (χ4v) is 2.25. The van der Waals surface area contributed by atoms with Crippen molar-refractivity contribution in [3.05, 3.63) is 30.3 Å². The van der Waals surface area contributed by atoms with E-state index in [2.05, 4.69) is 20.4 Å². The lowest BCUT2D eigenvalue weighted by atomic mass is 10.3. The first-order valence-corrected chi connectivity index (χ1v) is 7.05. The van der Waals surface area contributed by atoms with E-state index < -0.39 is 0 Å². The Bertz CT molecular complexity index is 592. The van der Waals surface area contributed by atoms with Gasteiger partial charge in [0.15, 0.2) is 0 Å². The smallest absolute Gasteiger partial charge is 0.250 e. The van der Waals surface area contributed by atoms with Crippen molar-refractivity contribution in [3.63, 3.8) is 0 Å². The van der Waals surface area contributed by atoms with Gasteiger partial charge in [0.1, 0.15) is 0 Å². The molecule has 0 amide bonds. The quantitative estimate of drug-likeness (QED) is 0.808. The van der Waals surface area contributed by atoms with Gasteiger partial charge in [0.2, 0.25) is 0 Å². The maximum Gasteiger partial charge on any atom is 0.250 e. The predicted molar refractivity (Wildman–Crippen MR) is 80.9 cm³/mol. The lowest BCUT2D eigenvalue weighted by Gasteiger charge is -2.22. The van der Waals surface area contributed by atoms with Crippen LogP contribution in [-0.2, 0) is 0 Å². The molecule has 20 heavy (non-hydrogen) atoms. The molecule has 0 atom stereocenters. The van der Waals surface area contributed by atoms with Crippen molar-refractivity contribution in [2.75, 3.05) is 11.4 Å². The van der Waals surface area contributed by atoms with Gasteiger partial charge < -0.3 is 10.6 Å². The molecule has 1 aromatic heterocycles. The number of aromatic nitrogens is 4. The number of hydrogen-bond donors (Lipinski definition) is 1. The van der Waals surface area contributed by atoms with Gasteiger partial charge in [-0.15, -0.1) is 0 Å². The van der Waals surface area contributed by atoms with Crippen LogP contribution in [0.2, 0.25) is 0 Å². The molecule has 0 aliphatic heterocycles. The molecule has 3 rings (SSSR count). The van der Waals surface area contributed by atoms with Crippen molar-refractivity contribution in [2.24, 2.45) is 5.73 Å². The lowest BCUT2D eigenvalue weighted by Crippen LogP contribution is -2.32. The highest BCUT2D eigenvalue weighted by Gasteiger charge is 2.32. The van der Waals surface area contributed by atoms with E-state index in [0.717, 1.165) is 18.2 Å². The molecular formula is C13H16N6S. The van der Waals surface area contributed by atoms with Crippen molar-refractivity contribution in [3.8, 4) is 5.69 Å². The van der Waals surface area contributed by atoms with E-state index in [0.29, 0.717) is 17.5 Å². The van der Waals surface area contributed by atoms with E-state index >= 15 is 0 Å². The summed E-state index contributed by atoms with van der Waals surface area (Å²) in [5, 5.41) is 12.1. The summed E-state index contributed by atoms with van der Waals surface area (Å²) in [6.45, 7) is 0.757. The monoisotopic (exact) mass is 288 g/mol. The summed E-state index contributed by atoms with van der Waals surface area (Å²) < 4.78 is 1.76. The molecule has 7 heteroatoms. The molecule has 0 spiro atoms. The minimum absolute atomic E-state index is 0.498. The molecule has 0 unspecified atom stereocenters. The molecule has 1 fully saturated rings. The van der Waals surface area contributed by atoms with Crippen molar-refractivity contribution in [2.45, 2.75) is 25.3 Å². The number of anilines is 1. The second kappa shape index (κ2) is 5.54. The number of thiocarbonyl (C=S) groups is 1. The first kappa shape index (κ1) is 13.0. The Morgan fingerprint density at radius 1 is 1.35 bits per heavy atom. The molecule has 6 nitrogen and oxygen atoms in total. The van der Waals surface area contributed by atoms with Crippen LogP contribution in [0.4, 0.5) is 5.95 Å². The molecule has 104 valence electrons. The third kappa shape index (κ3) is 2.77. The lowest BCUT2D eigenvalue weighted by molar-refractivity contribution is 0.731. The molecule has 1 heterocycles. The highest BCUT2D eigenvalue weighted by atomic mass is 32.1. The number of tetrazole rings is 1. The van der Waals surface area contributed by atoms with Crippen LogP contribution in [0.15, 0.2) is 30.3 Å². The molecule has 0 saturated heterocycles. The molecule has 1 saturated carbocycles. The van der Waals surface area contributed by atoms with Crippen LogP contribution in [-0.4, -0.2) is 37.8 Å². The van der Waals surface area contributed by atoms with Crippen LogP contribution >= 0.6 is 12.2 Å². The Morgan fingerprint density at radius 2 is 2.10 bits per heavy atom. The van der Waals surface area contributed by atoms with Crippen molar-refractivity contribution < 1.29 is 0 Å². The molecule has 2 aromatic rings. The van der Waals surface area contributed by atoms with Crippen LogP contribution in [0.5, 0.6) is 0 Å². The Morgan fingerprint density at radius 3 is 2.75 bits per heavy atom. The summed E-state index contributed by atoms with van der Waals surface area (Å²) in [7, 11) is 0. The first-order chi connectivity index (χ1) is 9.75. The zero-order chi connectivity index (χ0) is 13.9. The highest BCUT2D eigenvalue weighted by Crippen LogP contribution is 2.31. The van der Waals surface area contributed by atoms with Gasteiger partial charge in [0.25, 0.3) is 5.95 Å². The maximum atomic E-state index is 5.61. The van der Waals surface area contributed by atoms with Gasteiger partial charge in [-0.1, -0.05) is 35.5 Å². The Hall–Kier alpha value is -2.02. The Labute approximate surface area is 122 Å². The Balaban J connectivity index is 1.88. The van der Waals surface area contributed by atoms with Crippen molar-refractivity contribution >= 4 is 23.2 Å². The number of hydrogen-bond acceptors (Lipinski definition) is 5. The second-order valence-corrected chi connectivity index (χ2v) is 5.39. The number of nitrogens with two attached hydrogens (primary N) is 1. The largest absolute Gasteiger partial charge is 0.393 e. The second-order valence-electron chi connectivity index (χ2n) is 4.87. The van der Waals surface area contributed by atoms with Crippen LogP contribution in [0.1, 0.15) is 19.3 Å². The van der Waals surface area contributed by atoms with E-state index in [9.17, 15) is 0 Å². The van der Waals surface area contributed by atoms with Crippen LogP contribution in [0.25, 0.3) is 5.69 Å². The maximum absolute atomic E-state index is 5.61. The van der Waals surface area contributed by atoms with Gasteiger partial charge in [-0.3, -0.25) is 0 Å². The molecule has 1 aliphatic carbocycles. The third-order valence-electron chi connectivity index (χ3n) is 3.30. The average Bonchev–Trinajstić information content (AvgIpc) is 3.17. The number of nitrogens with zero attached hydrogens (tertiary/aromatic N) is 5. The van der Waals surface area contributed by atoms with Crippen molar-refractivity contribution in [1.29, 1.82) is 0 Å². The van der Waals surface area contributed by atoms with Gasteiger partial charge in [-0.2, -0.15) is 4.68 Å². The van der Waals surface area contributed by atoms with Gasteiger partial charge in [-0.25, -0.2) is 0 Å². The summed E-state index contributed by atoms with van der Waals surface area (Å²) in [5.41, 5.74) is 6.56. The Kier molecular flexibility index (Phi) is 3.60. The third-order valence-corrected chi connectivity index (χ3v) is 3.50. The zero-order valence-electron chi connectivity index (χ0n) is 11.0. The molecule has 0 radical (unpaired) electrons. The van der Waals surface area contributed by atoms with E-state index in [1.807, 2.05) is 30.3 Å². The summed E-state index contributed by atoms with van der Waals surface area (Å²) in [5.74, 6) is 0.759. The number of rotatable bonds is 6. The van der Waals surface area contributed by atoms with E-state index in [1.165, 1.54) is 12.8 Å². The van der Waals surface area contributed by atoms with Gasteiger partial charge in [0.05, 0.1) is 10.7 Å². The molecular weight excluding hydrogens is 272 g/mol. The minimum atomic E-state index is 0.498. The summed E-state index contributed by atoms with van der Waals surface area (Å²) >= 11 is 4.97. The minimum Gasteiger partial charge on any atom is -0.393 e. The molecule has 1 aliphatic rings. The van der Waals surface area contributed by atoms with E-state index in [1.54, 1.807) is 4.68 Å². The van der Waals surface area contributed by atoms with Crippen LogP contribution < -0.4 is 10.6 Å². The predicted octanol–water partition coefficient (Wildman–Crippen LogP) is 1.31. The fraction of sp³-hybridized carbons (Fsp3) is 0.385.